The molecule has 0 fully saturated rings. The zero-order valence-corrected chi connectivity index (χ0v) is 32.5. The normalized spacial score (nSPS) is 11.9. The van der Waals surface area contributed by atoms with Crippen molar-refractivity contribution in [2.24, 2.45) is 0 Å². The van der Waals surface area contributed by atoms with Gasteiger partial charge in [0.1, 0.15) is 0 Å². The van der Waals surface area contributed by atoms with Crippen LogP contribution in [0.25, 0.3) is 93.5 Å². The lowest BCUT2D eigenvalue weighted by atomic mass is 10.0. The average Bonchev–Trinajstić information content (AvgIpc) is 3.97. The Hall–Kier alpha value is -6.30. The molecule has 0 aliphatic heterocycles. The fourth-order valence-electron chi connectivity index (χ4n) is 8.55. The lowest BCUT2D eigenvalue weighted by molar-refractivity contribution is 1.30. The number of benzene rings is 9. The molecule has 1 nitrogen and oxygen atoms in total. The topological polar surface area (TPSA) is 3.24 Å². The second kappa shape index (κ2) is 12.6. The number of nitrogens with zero attached hydrogens (tertiary/aromatic N) is 1. The van der Waals surface area contributed by atoms with Crippen molar-refractivity contribution in [2.75, 3.05) is 4.90 Å². The summed E-state index contributed by atoms with van der Waals surface area (Å²) in [5, 5.41) is 11.8. The molecule has 4 heteroatoms. The Morgan fingerprint density at radius 2 is 0.768 bits per heavy atom. The lowest BCUT2D eigenvalue weighted by Crippen LogP contribution is -2.09. The molecule has 3 heterocycles. The molecule has 3 aromatic heterocycles. The third kappa shape index (κ3) is 5.11. The van der Waals surface area contributed by atoms with Crippen molar-refractivity contribution < 1.29 is 0 Å². The maximum absolute atomic E-state index is 2.43. The Balaban J connectivity index is 0.976. The summed E-state index contributed by atoms with van der Waals surface area (Å²) in [6.07, 6.45) is 0. The number of rotatable bonds is 5. The molecule has 0 aliphatic rings. The average molecular weight is 766 g/mol. The maximum atomic E-state index is 2.43. The van der Waals surface area contributed by atoms with Gasteiger partial charge in [-0.05, 0) is 104 Å². The van der Waals surface area contributed by atoms with Crippen LogP contribution in [0.5, 0.6) is 0 Å². The van der Waals surface area contributed by atoms with Crippen LogP contribution in [0, 0.1) is 0 Å². The van der Waals surface area contributed by atoms with Crippen LogP contribution in [0.4, 0.5) is 17.1 Å². The van der Waals surface area contributed by atoms with E-state index in [4.69, 9.17) is 0 Å². The molecule has 0 radical (unpaired) electrons. The molecule has 0 bridgehead atoms. The van der Waals surface area contributed by atoms with E-state index < -0.39 is 0 Å². The van der Waals surface area contributed by atoms with Crippen LogP contribution < -0.4 is 4.90 Å². The van der Waals surface area contributed by atoms with E-state index in [0.29, 0.717) is 0 Å². The molecule has 0 saturated carbocycles. The first-order valence-electron chi connectivity index (χ1n) is 18.9. The summed E-state index contributed by atoms with van der Waals surface area (Å²) >= 11 is 5.62. The first-order valence-corrected chi connectivity index (χ1v) is 21.3. The molecule has 0 amide bonds. The molecule has 0 unspecified atom stereocenters. The summed E-state index contributed by atoms with van der Waals surface area (Å²) in [6.45, 7) is 0. The lowest BCUT2D eigenvalue weighted by Gasteiger charge is -2.26. The highest BCUT2D eigenvalue weighted by Crippen LogP contribution is 2.46. The van der Waals surface area contributed by atoms with Gasteiger partial charge in [0.25, 0.3) is 0 Å². The molecule has 12 aromatic rings. The van der Waals surface area contributed by atoms with E-state index >= 15 is 0 Å². The van der Waals surface area contributed by atoms with Crippen LogP contribution in [0.15, 0.2) is 188 Å². The summed E-state index contributed by atoms with van der Waals surface area (Å²) in [5.41, 5.74) is 7.11. The highest BCUT2D eigenvalue weighted by Gasteiger charge is 2.18. The number of anilines is 3. The second-order valence-corrected chi connectivity index (χ2v) is 17.7. The first-order chi connectivity index (χ1) is 27.7. The van der Waals surface area contributed by atoms with Gasteiger partial charge in [-0.1, -0.05) is 127 Å². The van der Waals surface area contributed by atoms with E-state index in [1.807, 2.05) is 34.0 Å². The number of hydrogen-bond donors (Lipinski definition) is 0. The van der Waals surface area contributed by atoms with Gasteiger partial charge in [-0.25, -0.2) is 0 Å². The van der Waals surface area contributed by atoms with Gasteiger partial charge in [-0.2, -0.15) is 0 Å². The van der Waals surface area contributed by atoms with Gasteiger partial charge in [0, 0.05) is 67.0 Å². The third-order valence-electron chi connectivity index (χ3n) is 11.3. The van der Waals surface area contributed by atoms with Crippen molar-refractivity contribution in [3.63, 3.8) is 0 Å². The number of hydrogen-bond acceptors (Lipinski definition) is 4. The van der Waals surface area contributed by atoms with Gasteiger partial charge >= 0.3 is 0 Å². The fourth-order valence-corrected chi connectivity index (χ4v) is 11.9. The van der Waals surface area contributed by atoms with Crippen molar-refractivity contribution >= 4 is 123 Å². The van der Waals surface area contributed by atoms with Crippen molar-refractivity contribution in [3.8, 4) is 21.6 Å². The Bertz CT molecular complexity index is 3290. The largest absolute Gasteiger partial charge is 0.310 e. The minimum absolute atomic E-state index is 1.13. The zero-order chi connectivity index (χ0) is 36.7. The van der Waals surface area contributed by atoms with E-state index in [9.17, 15) is 0 Å². The van der Waals surface area contributed by atoms with Gasteiger partial charge in [-0.15, -0.1) is 34.0 Å². The summed E-state index contributed by atoms with van der Waals surface area (Å²) in [6, 6.07) is 69.7. The van der Waals surface area contributed by atoms with Crippen LogP contribution in [-0.4, -0.2) is 0 Å². The Morgan fingerprint density at radius 1 is 0.286 bits per heavy atom. The fraction of sp³-hybridized carbons (Fsp3) is 0. The van der Waals surface area contributed by atoms with E-state index in [1.54, 1.807) is 0 Å². The maximum Gasteiger partial charge on any atom is 0.0476 e. The Morgan fingerprint density at radius 3 is 1.34 bits per heavy atom. The molecule has 0 atom stereocenters. The molecule has 0 saturated heterocycles. The minimum Gasteiger partial charge on any atom is -0.310 e. The van der Waals surface area contributed by atoms with E-state index in [2.05, 4.69) is 193 Å². The summed E-state index contributed by atoms with van der Waals surface area (Å²) < 4.78 is 6.56. The predicted molar refractivity (Wildman–Crippen MR) is 248 cm³/mol. The molecule has 56 heavy (non-hydrogen) atoms. The first kappa shape index (κ1) is 32.0. The summed E-state index contributed by atoms with van der Waals surface area (Å²) in [7, 11) is 0. The molecular weight excluding hydrogens is 735 g/mol. The van der Waals surface area contributed by atoms with Gasteiger partial charge in [-0.3, -0.25) is 0 Å². The van der Waals surface area contributed by atoms with Crippen molar-refractivity contribution in [2.45, 2.75) is 0 Å². The van der Waals surface area contributed by atoms with E-state index in [1.165, 1.54) is 93.5 Å². The van der Waals surface area contributed by atoms with Gasteiger partial charge < -0.3 is 4.90 Å². The molecular formula is C52H31NS3. The van der Waals surface area contributed by atoms with Crippen molar-refractivity contribution in [1.82, 2.24) is 0 Å². The van der Waals surface area contributed by atoms with Crippen molar-refractivity contribution in [3.05, 3.63) is 188 Å². The number of fused-ring (bicyclic) bond motifs is 11. The second-order valence-electron chi connectivity index (χ2n) is 14.5. The van der Waals surface area contributed by atoms with Crippen LogP contribution in [-0.2, 0) is 0 Å². The predicted octanol–water partition coefficient (Wildman–Crippen LogP) is 16.7. The standard InChI is InChI=1S/C52H31NS3/c1-4-10-41-34(7-1)19-27-46-51(41)43-25-23-39(30-49(43)55-46)53(40-24-26-44-50(31-40)56-47-28-20-35-8-2-5-11-42(35)52(44)47)38-21-17-33(18-22-38)32-13-15-36(16-14-32)48-29-37-9-3-6-12-45(37)54-48/h1-31H. The molecule has 12 rings (SSSR count). The monoisotopic (exact) mass is 765 g/mol. The van der Waals surface area contributed by atoms with Gasteiger partial charge in [0.05, 0.1) is 0 Å². The van der Waals surface area contributed by atoms with Gasteiger partial charge in [0.15, 0.2) is 0 Å². The smallest absolute Gasteiger partial charge is 0.0476 e. The van der Waals surface area contributed by atoms with Gasteiger partial charge in [0.2, 0.25) is 0 Å². The zero-order valence-electron chi connectivity index (χ0n) is 30.1. The molecule has 0 spiro atoms. The summed E-state index contributed by atoms with van der Waals surface area (Å²) in [5.74, 6) is 0. The SMILES string of the molecule is c1ccc2sc(-c3ccc(-c4ccc(N(c5ccc6c(c5)sc5ccc7ccccc7c56)c5ccc6c(c5)sc5ccc7ccccc7c56)cc4)cc3)cc2c1. The Labute approximate surface area is 335 Å². The Kier molecular flexibility index (Phi) is 7.21. The van der Waals surface area contributed by atoms with Crippen LogP contribution in [0.2, 0.25) is 0 Å². The molecule has 262 valence electrons. The highest BCUT2D eigenvalue weighted by atomic mass is 32.1. The quantitative estimate of drug-likeness (QED) is 0.169. The van der Waals surface area contributed by atoms with E-state index in [-0.39, 0.29) is 0 Å². The molecule has 0 N–H and O–H groups in total. The third-order valence-corrected chi connectivity index (χ3v) is 14.7. The molecule has 0 aliphatic carbocycles. The molecule has 9 aromatic carbocycles. The highest BCUT2D eigenvalue weighted by molar-refractivity contribution is 7.26. The number of thiophene rings is 3. The van der Waals surface area contributed by atoms with Crippen LogP contribution >= 0.6 is 34.0 Å². The minimum atomic E-state index is 1.13. The summed E-state index contributed by atoms with van der Waals surface area (Å²) in [4.78, 5) is 3.73. The van der Waals surface area contributed by atoms with Crippen LogP contribution in [0.3, 0.4) is 0 Å². The van der Waals surface area contributed by atoms with Crippen molar-refractivity contribution in [1.29, 1.82) is 0 Å². The van der Waals surface area contributed by atoms with E-state index in [0.717, 1.165) is 17.1 Å². The van der Waals surface area contributed by atoms with Crippen LogP contribution in [0.1, 0.15) is 0 Å².